The third kappa shape index (κ3) is 7.49. The Bertz CT molecular complexity index is 2280. The van der Waals surface area contributed by atoms with Gasteiger partial charge in [-0.25, -0.2) is 19.2 Å². The summed E-state index contributed by atoms with van der Waals surface area (Å²) in [5.74, 6) is -1.28. The van der Waals surface area contributed by atoms with Crippen LogP contribution in [-0.2, 0) is 65.2 Å². The summed E-state index contributed by atoms with van der Waals surface area (Å²) in [7, 11) is 5.10. The predicted octanol–water partition coefficient (Wildman–Crippen LogP) is 5.26. The molecule has 61 heavy (non-hydrogen) atoms. The first-order valence-corrected chi connectivity index (χ1v) is 19.7. The van der Waals surface area contributed by atoms with Crippen molar-refractivity contribution >= 4 is 23.9 Å². The Morgan fingerprint density at radius 3 is 1.54 bits per heavy atom. The van der Waals surface area contributed by atoms with Crippen molar-refractivity contribution in [3.63, 3.8) is 0 Å². The van der Waals surface area contributed by atoms with E-state index in [9.17, 15) is 19.2 Å². The van der Waals surface area contributed by atoms with Crippen LogP contribution in [0.2, 0.25) is 0 Å². The number of methoxy groups -OCH3 is 4. The van der Waals surface area contributed by atoms with Gasteiger partial charge in [-0.05, 0) is 41.5 Å². The standard InChI is InChI=1S/C24H22O7.C24H22O6/c1-27-22(25)17-18(23(26)28-2)24(21-20(30-21)19(17)31-24)16(13-14-9-5-3-6-10-14)29-15-11-7-4-8-12-15;1-27-22(25)20-18-13-14-24(30-18,21(20)23(26)28-2)19(15-16-9-5-3-6-10-16)29-17-11-7-4-8-12-17/h3-12,16,19-21H,13H2,1-2H3;3-14,18-19H,15H2,1-2H3. The summed E-state index contributed by atoms with van der Waals surface area (Å²) in [6.45, 7) is 0. The molecule has 0 aromatic heterocycles. The monoisotopic (exact) mass is 828 g/mol. The van der Waals surface area contributed by atoms with Crippen LogP contribution in [0.25, 0.3) is 0 Å². The molecule has 4 bridgehead atoms. The Kier molecular flexibility index (Phi) is 11.6. The van der Waals surface area contributed by atoms with Gasteiger partial charge < -0.3 is 42.6 Å². The number of esters is 4. The van der Waals surface area contributed by atoms with Gasteiger partial charge in [-0.3, -0.25) is 0 Å². The van der Waals surface area contributed by atoms with Gasteiger partial charge in [0.1, 0.15) is 48.1 Å². The molecule has 0 saturated carbocycles. The van der Waals surface area contributed by atoms with Crippen molar-refractivity contribution in [2.24, 2.45) is 0 Å². The van der Waals surface area contributed by atoms with Crippen LogP contribution in [-0.4, -0.2) is 100 Å². The number of rotatable bonds is 14. The van der Waals surface area contributed by atoms with Gasteiger partial charge in [0.05, 0.1) is 50.7 Å². The molecule has 9 rings (SSSR count). The van der Waals surface area contributed by atoms with E-state index in [1.807, 2.05) is 121 Å². The zero-order valence-corrected chi connectivity index (χ0v) is 33.9. The zero-order chi connectivity index (χ0) is 42.7. The molecule has 2 fully saturated rings. The molecule has 0 amide bonds. The van der Waals surface area contributed by atoms with Crippen LogP contribution in [0.4, 0.5) is 0 Å². The second kappa shape index (κ2) is 17.2. The SMILES string of the molecule is COC(=O)C1=C(C(=O)OC)C2(C(Cc3ccccc3)Oc3ccccc3)C=CC1O2.COC(=O)C1=C(C(=O)OC)C2(C(Cc3ccccc3)Oc3ccccc3)OC1C1OC12. The largest absolute Gasteiger partial charge is 0.487 e. The van der Waals surface area contributed by atoms with Crippen molar-refractivity contribution in [3.05, 3.63) is 167 Å². The van der Waals surface area contributed by atoms with Crippen molar-refractivity contribution in [1.29, 1.82) is 0 Å². The van der Waals surface area contributed by atoms with E-state index < -0.39 is 65.6 Å². The normalized spacial score (nSPS) is 25.7. The minimum absolute atomic E-state index is 0.126. The van der Waals surface area contributed by atoms with Crippen LogP contribution >= 0.6 is 0 Å². The lowest BCUT2D eigenvalue weighted by Gasteiger charge is -2.36. The second-order valence-electron chi connectivity index (χ2n) is 14.8. The van der Waals surface area contributed by atoms with Crippen molar-refractivity contribution in [3.8, 4) is 11.5 Å². The van der Waals surface area contributed by atoms with E-state index >= 15 is 0 Å². The van der Waals surface area contributed by atoms with Crippen LogP contribution in [0.15, 0.2) is 156 Å². The van der Waals surface area contributed by atoms with Crippen molar-refractivity contribution in [2.75, 3.05) is 28.4 Å². The van der Waals surface area contributed by atoms with Crippen LogP contribution < -0.4 is 9.47 Å². The van der Waals surface area contributed by atoms with Crippen molar-refractivity contribution in [1.82, 2.24) is 0 Å². The van der Waals surface area contributed by atoms with E-state index in [0.29, 0.717) is 24.3 Å². The highest BCUT2D eigenvalue weighted by molar-refractivity contribution is 6.06. The first-order chi connectivity index (χ1) is 29.7. The van der Waals surface area contributed by atoms with Crippen LogP contribution in [0.1, 0.15) is 11.1 Å². The van der Waals surface area contributed by atoms with Gasteiger partial charge in [-0.1, -0.05) is 103 Å². The summed E-state index contributed by atoms with van der Waals surface area (Å²) >= 11 is 0. The summed E-state index contributed by atoms with van der Waals surface area (Å²) in [6.07, 6.45) is 1.04. The molecule has 314 valence electrons. The molecule has 13 nitrogen and oxygen atoms in total. The number of hydrogen-bond acceptors (Lipinski definition) is 13. The van der Waals surface area contributed by atoms with Gasteiger partial charge in [0.25, 0.3) is 0 Å². The fourth-order valence-electron chi connectivity index (χ4n) is 8.70. The molecule has 8 unspecified atom stereocenters. The Morgan fingerprint density at radius 1 is 0.557 bits per heavy atom. The Morgan fingerprint density at radius 2 is 1.02 bits per heavy atom. The quantitative estimate of drug-likeness (QED) is 0.0703. The molecular formula is C48H44O13. The number of ether oxygens (including phenoxy) is 9. The number of fused-ring (bicyclic) bond motifs is 7. The van der Waals surface area contributed by atoms with Gasteiger partial charge in [-0.2, -0.15) is 0 Å². The Balaban J connectivity index is 0.000000169. The fourth-order valence-corrected chi connectivity index (χ4v) is 8.70. The topological polar surface area (TPSA) is 155 Å². The highest BCUT2D eigenvalue weighted by Gasteiger charge is 2.79. The predicted molar refractivity (Wildman–Crippen MR) is 217 cm³/mol. The Labute approximate surface area is 352 Å². The van der Waals surface area contributed by atoms with Gasteiger partial charge in [0.15, 0.2) is 11.2 Å². The molecule has 0 N–H and O–H groups in total. The third-order valence-electron chi connectivity index (χ3n) is 11.4. The maximum Gasteiger partial charge on any atom is 0.337 e. The number of para-hydroxylation sites is 2. The second-order valence-corrected chi connectivity index (χ2v) is 14.8. The average molecular weight is 829 g/mol. The molecule has 0 radical (unpaired) electrons. The van der Waals surface area contributed by atoms with Crippen LogP contribution in [0.5, 0.6) is 11.5 Å². The lowest BCUT2D eigenvalue weighted by atomic mass is 9.76. The molecule has 13 heteroatoms. The van der Waals surface area contributed by atoms with E-state index in [2.05, 4.69) is 0 Å². The van der Waals surface area contributed by atoms with E-state index in [1.54, 1.807) is 12.2 Å². The third-order valence-corrected chi connectivity index (χ3v) is 11.4. The number of benzene rings is 4. The molecule has 8 atom stereocenters. The molecule has 4 aromatic rings. The van der Waals surface area contributed by atoms with E-state index in [1.165, 1.54) is 28.4 Å². The van der Waals surface area contributed by atoms with E-state index in [-0.39, 0.29) is 28.4 Å². The van der Waals surface area contributed by atoms with Crippen molar-refractivity contribution in [2.45, 2.75) is 60.7 Å². The Hall–Kier alpha value is -6.54. The maximum atomic E-state index is 12.9. The summed E-state index contributed by atoms with van der Waals surface area (Å²) in [4.78, 5) is 50.8. The van der Waals surface area contributed by atoms with E-state index in [0.717, 1.165) is 11.1 Å². The average Bonchev–Trinajstić information content (AvgIpc) is 3.57. The lowest BCUT2D eigenvalue weighted by Crippen LogP contribution is -2.54. The highest BCUT2D eigenvalue weighted by atomic mass is 16.7. The minimum Gasteiger partial charge on any atom is -0.487 e. The summed E-state index contributed by atoms with van der Waals surface area (Å²) in [6, 6.07) is 38.1. The minimum atomic E-state index is -1.28. The molecule has 5 heterocycles. The van der Waals surface area contributed by atoms with Crippen LogP contribution in [0, 0.1) is 0 Å². The highest BCUT2D eigenvalue weighted by Crippen LogP contribution is 2.60. The molecular weight excluding hydrogens is 785 g/mol. The fraction of sp³-hybridized carbons (Fsp3) is 0.292. The van der Waals surface area contributed by atoms with Gasteiger partial charge in [0.2, 0.25) is 0 Å². The van der Waals surface area contributed by atoms with Gasteiger partial charge >= 0.3 is 23.9 Å². The molecule has 0 spiro atoms. The first kappa shape index (κ1) is 41.2. The summed E-state index contributed by atoms with van der Waals surface area (Å²) < 4.78 is 51.2. The van der Waals surface area contributed by atoms with Crippen molar-refractivity contribution < 1.29 is 61.8 Å². The molecule has 2 saturated heterocycles. The van der Waals surface area contributed by atoms with Gasteiger partial charge in [-0.15, -0.1) is 0 Å². The molecule has 5 aliphatic heterocycles. The molecule has 4 aromatic carbocycles. The van der Waals surface area contributed by atoms with Crippen LogP contribution in [0.3, 0.4) is 0 Å². The summed E-state index contributed by atoms with van der Waals surface area (Å²) in [5, 5.41) is 0. The molecule has 5 aliphatic rings. The first-order valence-electron chi connectivity index (χ1n) is 19.7. The smallest absolute Gasteiger partial charge is 0.337 e. The zero-order valence-electron chi connectivity index (χ0n) is 33.9. The number of hydrogen-bond donors (Lipinski definition) is 0. The number of epoxide rings is 1. The summed E-state index contributed by atoms with van der Waals surface area (Å²) in [5.41, 5.74) is 0.0137. The lowest BCUT2D eigenvalue weighted by molar-refractivity contribution is -0.145. The van der Waals surface area contributed by atoms with E-state index in [4.69, 9.17) is 42.6 Å². The number of carbonyl (C=O) groups is 4. The van der Waals surface area contributed by atoms with Gasteiger partial charge in [0, 0.05) is 12.8 Å². The number of carbonyl (C=O) groups excluding carboxylic acids is 4. The maximum absolute atomic E-state index is 12.9. The molecule has 0 aliphatic carbocycles.